The van der Waals surface area contributed by atoms with Gasteiger partial charge in [0.2, 0.25) is 0 Å². The molecule has 1 aromatic heterocycles. The number of aromatic nitrogens is 2. The molecule has 0 radical (unpaired) electrons. The van der Waals surface area contributed by atoms with Gasteiger partial charge in [-0.1, -0.05) is 18.2 Å². The van der Waals surface area contributed by atoms with Crippen molar-refractivity contribution in [2.24, 2.45) is 5.73 Å². The van der Waals surface area contributed by atoms with E-state index in [0.717, 1.165) is 0 Å². The Labute approximate surface area is 179 Å². The predicted octanol–water partition coefficient (Wildman–Crippen LogP) is 2.43. The summed E-state index contributed by atoms with van der Waals surface area (Å²) >= 11 is 0. The van der Waals surface area contributed by atoms with E-state index in [0.29, 0.717) is 42.3 Å². The van der Waals surface area contributed by atoms with Gasteiger partial charge in [0.15, 0.2) is 0 Å². The summed E-state index contributed by atoms with van der Waals surface area (Å²) in [4.78, 5) is 25.5. The highest BCUT2D eigenvalue weighted by Crippen LogP contribution is 2.33. The van der Waals surface area contributed by atoms with Crippen LogP contribution in [0.3, 0.4) is 0 Å². The molecule has 0 spiro atoms. The van der Waals surface area contributed by atoms with Crippen LogP contribution >= 0.6 is 0 Å². The molecule has 2 heterocycles. The van der Waals surface area contributed by atoms with Gasteiger partial charge in [-0.3, -0.25) is 9.59 Å². The lowest BCUT2D eigenvalue weighted by molar-refractivity contribution is -0.124. The van der Waals surface area contributed by atoms with Gasteiger partial charge in [0, 0.05) is 18.7 Å². The molecule has 4 rings (SSSR count). The van der Waals surface area contributed by atoms with Crippen LogP contribution in [0.15, 0.2) is 54.6 Å². The first kappa shape index (κ1) is 20.0. The Kier molecular flexibility index (Phi) is 5.33. The second-order valence-corrected chi connectivity index (χ2v) is 7.20. The van der Waals surface area contributed by atoms with E-state index in [1.54, 1.807) is 33.8 Å². The average Bonchev–Trinajstić information content (AvgIpc) is 3.39. The first-order valence-corrected chi connectivity index (χ1v) is 9.74. The number of nitrogens with zero attached hydrogens (tertiary/aromatic N) is 3. The molecular formula is C23H21N5O3. The maximum atomic E-state index is 12.1. The number of nitrogens with two attached hydrogens (primary N) is 2. The van der Waals surface area contributed by atoms with Gasteiger partial charge in [-0.05, 0) is 48.7 Å². The van der Waals surface area contributed by atoms with Crippen molar-refractivity contribution in [1.29, 1.82) is 0 Å². The van der Waals surface area contributed by atoms with Crippen LogP contribution in [0.1, 0.15) is 22.8 Å². The molecule has 4 N–H and O–H groups in total. The van der Waals surface area contributed by atoms with E-state index in [1.807, 2.05) is 30.3 Å². The van der Waals surface area contributed by atoms with E-state index < -0.39 is 5.91 Å². The van der Waals surface area contributed by atoms with Crippen LogP contribution in [0.2, 0.25) is 0 Å². The smallest absolute Gasteiger partial charge is 0.298 e. The van der Waals surface area contributed by atoms with Crippen molar-refractivity contribution in [1.82, 2.24) is 14.7 Å². The Morgan fingerprint density at radius 3 is 2.42 bits per heavy atom. The number of hydrogen-bond acceptors (Lipinski definition) is 5. The highest BCUT2D eigenvalue weighted by atomic mass is 16.5. The highest BCUT2D eigenvalue weighted by Gasteiger charge is 2.31. The molecule has 31 heavy (non-hydrogen) atoms. The van der Waals surface area contributed by atoms with E-state index in [1.165, 1.54) is 0 Å². The SMILES string of the molecule is C#CC(=O)N1CC[C@@H](n2nc(-c3ccc(Oc4ccccc4)cc3)c(C(N)=O)c2N)C1. The molecule has 1 aliphatic rings. The number of primary amides is 1. The van der Waals surface area contributed by atoms with Crippen molar-refractivity contribution < 1.29 is 14.3 Å². The zero-order chi connectivity index (χ0) is 22.0. The van der Waals surface area contributed by atoms with Gasteiger partial charge in [-0.2, -0.15) is 5.10 Å². The van der Waals surface area contributed by atoms with Crippen LogP contribution in [0, 0.1) is 12.3 Å². The molecule has 1 atom stereocenters. The average molecular weight is 415 g/mol. The summed E-state index contributed by atoms with van der Waals surface area (Å²) in [5.74, 6) is 2.60. The fraction of sp³-hybridized carbons (Fsp3) is 0.174. The van der Waals surface area contributed by atoms with Crippen LogP contribution in [0.25, 0.3) is 11.3 Å². The van der Waals surface area contributed by atoms with Crippen LogP contribution in [0.5, 0.6) is 11.5 Å². The molecule has 1 aliphatic heterocycles. The van der Waals surface area contributed by atoms with E-state index >= 15 is 0 Å². The van der Waals surface area contributed by atoms with Crippen molar-refractivity contribution in [3.8, 4) is 35.1 Å². The maximum Gasteiger partial charge on any atom is 0.298 e. The normalized spacial score (nSPS) is 15.5. The molecule has 0 saturated carbocycles. The number of amides is 2. The third kappa shape index (κ3) is 3.94. The summed E-state index contributed by atoms with van der Waals surface area (Å²) in [7, 11) is 0. The Hall–Kier alpha value is -4.25. The first-order valence-electron chi connectivity index (χ1n) is 9.74. The maximum absolute atomic E-state index is 12.1. The lowest BCUT2D eigenvalue weighted by Gasteiger charge is -2.14. The molecule has 1 fully saturated rings. The molecule has 0 unspecified atom stereocenters. The van der Waals surface area contributed by atoms with Gasteiger partial charge in [0.25, 0.3) is 11.8 Å². The zero-order valence-electron chi connectivity index (χ0n) is 16.7. The van der Waals surface area contributed by atoms with E-state index in [9.17, 15) is 9.59 Å². The van der Waals surface area contributed by atoms with Crippen LogP contribution in [-0.4, -0.2) is 39.6 Å². The number of likely N-dealkylation sites (tertiary alicyclic amines) is 1. The molecule has 8 nitrogen and oxygen atoms in total. The monoisotopic (exact) mass is 415 g/mol. The van der Waals surface area contributed by atoms with Crippen molar-refractivity contribution in [2.75, 3.05) is 18.8 Å². The van der Waals surface area contributed by atoms with Crippen molar-refractivity contribution in [3.63, 3.8) is 0 Å². The summed E-state index contributed by atoms with van der Waals surface area (Å²) in [5.41, 5.74) is 13.1. The fourth-order valence-corrected chi connectivity index (χ4v) is 3.69. The number of benzene rings is 2. The van der Waals surface area contributed by atoms with E-state index in [-0.39, 0.29) is 23.3 Å². The third-order valence-corrected chi connectivity index (χ3v) is 5.22. The van der Waals surface area contributed by atoms with Gasteiger partial charge in [0.05, 0.1) is 6.04 Å². The molecule has 156 valence electrons. The Bertz CT molecular complexity index is 1160. The second-order valence-electron chi connectivity index (χ2n) is 7.20. The summed E-state index contributed by atoms with van der Waals surface area (Å²) in [6.45, 7) is 0.871. The zero-order valence-corrected chi connectivity index (χ0v) is 16.7. The van der Waals surface area contributed by atoms with E-state index in [4.69, 9.17) is 22.6 Å². The number of terminal acetylenes is 1. The molecule has 2 aromatic carbocycles. The Balaban J connectivity index is 1.63. The van der Waals surface area contributed by atoms with Crippen LogP contribution in [0.4, 0.5) is 5.82 Å². The van der Waals surface area contributed by atoms with Gasteiger partial charge >= 0.3 is 0 Å². The number of rotatable bonds is 5. The minimum absolute atomic E-state index is 0.151. The number of carbonyl (C=O) groups is 2. The lowest BCUT2D eigenvalue weighted by atomic mass is 10.1. The van der Waals surface area contributed by atoms with E-state index in [2.05, 4.69) is 11.0 Å². The van der Waals surface area contributed by atoms with Gasteiger partial charge in [-0.25, -0.2) is 4.68 Å². The fourth-order valence-electron chi connectivity index (χ4n) is 3.69. The van der Waals surface area contributed by atoms with Gasteiger partial charge in [-0.15, -0.1) is 6.42 Å². The molecule has 0 bridgehead atoms. The molecule has 3 aromatic rings. The minimum Gasteiger partial charge on any atom is -0.457 e. The van der Waals surface area contributed by atoms with Crippen molar-refractivity contribution in [2.45, 2.75) is 12.5 Å². The molecule has 8 heteroatoms. The standard InChI is InChI=1S/C23H21N5O3/c1-2-19(29)27-13-12-16(14-27)28-22(24)20(23(25)30)21(26-28)15-8-10-18(11-9-15)31-17-6-4-3-5-7-17/h1,3-11,16H,12-14,24H2,(H2,25,30)/t16-/m1/s1. The van der Waals surface area contributed by atoms with Crippen LogP contribution in [-0.2, 0) is 4.79 Å². The second kappa shape index (κ2) is 8.24. The van der Waals surface area contributed by atoms with Gasteiger partial charge in [0.1, 0.15) is 28.6 Å². The lowest BCUT2D eigenvalue weighted by Crippen LogP contribution is -2.28. The summed E-state index contributed by atoms with van der Waals surface area (Å²) in [6, 6.07) is 16.4. The number of hydrogen-bond donors (Lipinski definition) is 2. The Morgan fingerprint density at radius 1 is 1.10 bits per heavy atom. The topological polar surface area (TPSA) is 116 Å². The molecular weight excluding hydrogens is 394 g/mol. The number of ether oxygens (including phenoxy) is 1. The number of carbonyl (C=O) groups excluding carboxylic acids is 2. The number of nitrogen functional groups attached to an aromatic ring is 1. The van der Waals surface area contributed by atoms with Crippen molar-refractivity contribution >= 4 is 17.6 Å². The largest absolute Gasteiger partial charge is 0.457 e. The summed E-state index contributed by atoms with van der Waals surface area (Å²) in [5, 5.41) is 4.58. The number of anilines is 1. The first-order chi connectivity index (χ1) is 15.0. The molecule has 2 amide bonds. The predicted molar refractivity (Wildman–Crippen MR) is 116 cm³/mol. The third-order valence-electron chi connectivity index (χ3n) is 5.22. The minimum atomic E-state index is -0.669. The molecule has 1 saturated heterocycles. The summed E-state index contributed by atoms with van der Waals surface area (Å²) in [6.07, 6.45) is 5.84. The molecule has 0 aliphatic carbocycles. The van der Waals surface area contributed by atoms with Crippen molar-refractivity contribution in [3.05, 3.63) is 60.2 Å². The van der Waals surface area contributed by atoms with Gasteiger partial charge < -0.3 is 21.1 Å². The Morgan fingerprint density at radius 2 is 1.77 bits per heavy atom. The van der Waals surface area contributed by atoms with Crippen LogP contribution < -0.4 is 16.2 Å². The quantitative estimate of drug-likeness (QED) is 0.621. The highest BCUT2D eigenvalue weighted by molar-refractivity contribution is 6.03. The summed E-state index contributed by atoms with van der Waals surface area (Å²) < 4.78 is 7.37. The number of para-hydroxylation sites is 1.